The Morgan fingerprint density at radius 1 is 1.64 bits per heavy atom. The van der Waals surface area contributed by atoms with Crippen LogP contribution in [0.5, 0.6) is 0 Å². The summed E-state index contributed by atoms with van der Waals surface area (Å²) in [5.74, 6) is 0. The summed E-state index contributed by atoms with van der Waals surface area (Å²) in [7, 11) is 0. The van der Waals surface area contributed by atoms with Gasteiger partial charge in [-0.2, -0.15) is 0 Å². The van der Waals surface area contributed by atoms with Gasteiger partial charge < -0.3 is 9.84 Å². The van der Waals surface area contributed by atoms with Crippen LogP contribution in [0.1, 0.15) is 26.7 Å². The molecule has 1 fully saturated rings. The van der Waals surface area contributed by atoms with E-state index >= 15 is 0 Å². The number of hydrogen-bond acceptors (Lipinski definition) is 2. The van der Waals surface area contributed by atoms with Gasteiger partial charge in [-0.25, -0.2) is 0 Å². The van der Waals surface area contributed by atoms with Gasteiger partial charge in [-0.3, -0.25) is 0 Å². The highest BCUT2D eigenvalue weighted by Crippen LogP contribution is 2.31. The molecule has 1 saturated heterocycles. The summed E-state index contributed by atoms with van der Waals surface area (Å²) >= 11 is 0. The van der Waals surface area contributed by atoms with Crippen LogP contribution in [-0.4, -0.2) is 23.9 Å². The SMILES string of the molecule is CC(C)=CCCC1(CO)CO1. The number of aliphatic hydroxyl groups excluding tert-OH is 1. The Kier molecular flexibility index (Phi) is 2.68. The van der Waals surface area contributed by atoms with Gasteiger partial charge in [0.05, 0.1) is 13.2 Å². The van der Waals surface area contributed by atoms with E-state index in [0.717, 1.165) is 19.4 Å². The van der Waals surface area contributed by atoms with E-state index in [0.29, 0.717) is 0 Å². The van der Waals surface area contributed by atoms with Crippen molar-refractivity contribution in [3.63, 3.8) is 0 Å². The van der Waals surface area contributed by atoms with E-state index in [4.69, 9.17) is 9.84 Å². The smallest absolute Gasteiger partial charge is 0.115 e. The van der Waals surface area contributed by atoms with E-state index in [1.54, 1.807) is 0 Å². The highest BCUT2D eigenvalue weighted by atomic mass is 16.6. The maximum absolute atomic E-state index is 8.88. The molecule has 1 N–H and O–H groups in total. The number of rotatable bonds is 4. The van der Waals surface area contributed by atoms with Crippen molar-refractivity contribution in [2.45, 2.75) is 32.3 Å². The second-order valence-electron chi connectivity index (χ2n) is 3.45. The molecule has 1 rings (SSSR count). The predicted octanol–water partition coefficient (Wildman–Crippen LogP) is 1.49. The minimum atomic E-state index is -0.161. The van der Waals surface area contributed by atoms with Crippen LogP contribution >= 0.6 is 0 Å². The Labute approximate surface area is 67.9 Å². The van der Waals surface area contributed by atoms with Crippen molar-refractivity contribution in [3.8, 4) is 0 Å². The fourth-order valence-electron chi connectivity index (χ4n) is 1.04. The third-order valence-corrected chi connectivity index (χ3v) is 1.99. The number of ether oxygens (including phenoxy) is 1. The summed E-state index contributed by atoms with van der Waals surface area (Å²) in [4.78, 5) is 0. The van der Waals surface area contributed by atoms with E-state index in [9.17, 15) is 0 Å². The van der Waals surface area contributed by atoms with Crippen molar-refractivity contribution in [1.29, 1.82) is 0 Å². The molecule has 2 nitrogen and oxygen atoms in total. The average molecular weight is 156 g/mol. The van der Waals surface area contributed by atoms with E-state index in [2.05, 4.69) is 19.9 Å². The van der Waals surface area contributed by atoms with E-state index < -0.39 is 0 Å². The monoisotopic (exact) mass is 156 g/mol. The summed E-state index contributed by atoms with van der Waals surface area (Å²) in [6, 6.07) is 0. The highest BCUT2D eigenvalue weighted by Gasteiger charge is 2.42. The largest absolute Gasteiger partial charge is 0.393 e. The van der Waals surface area contributed by atoms with Crippen LogP contribution < -0.4 is 0 Å². The second-order valence-corrected chi connectivity index (χ2v) is 3.45. The molecule has 0 aromatic carbocycles. The quantitative estimate of drug-likeness (QED) is 0.494. The lowest BCUT2D eigenvalue weighted by Gasteiger charge is -2.04. The average Bonchev–Trinajstić information content (AvgIpc) is 2.69. The molecule has 1 atom stereocenters. The lowest BCUT2D eigenvalue weighted by atomic mass is 10.0. The third kappa shape index (κ3) is 2.64. The summed E-state index contributed by atoms with van der Waals surface area (Å²) in [5.41, 5.74) is 1.17. The predicted molar refractivity (Wildman–Crippen MR) is 44.4 cm³/mol. The lowest BCUT2D eigenvalue weighted by molar-refractivity contribution is 0.165. The summed E-state index contributed by atoms with van der Waals surface area (Å²) in [6.07, 6.45) is 4.15. The third-order valence-electron chi connectivity index (χ3n) is 1.99. The Morgan fingerprint density at radius 3 is 2.64 bits per heavy atom. The van der Waals surface area contributed by atoms with Gasteiger partial charge in [0.25, 0.3) is 0 Å². The van der Waals surface area contributed by atoms with Gasteiger partial charge in [0.15, 0.2) is 0 Å². The first-order chi connectivity index (χ1) is 5.18. The summed E-state index contributed by atoms with van der Waals surface area (Å²) in [5, 5.41) is 8.88. The molecule has 2 heteroatoms. The van der Waals surface area contributed by atoms with Gasteiger partial charge in [-0.1, -0.05) is 11.6 Å². The molecule has 0 aromatic rings. The van der Waals surface area contributed by atoms with Crippen molar-refractivity contribution in [1.82, 2.24) is 0 Å². The van der Waals surface area contributed by atoms with Crippen LogP contribution in [-0.2, 0) is 4.74 Å². The Bertz CT molecular complexity index is 153. The first kappa shape index (κ1) is 8.75. The standard InChI is InChI=1S/C9H16O2/c1-8(2)4-3-5-9(6-10)7-11-9/h4,10H,3,5-7H2,1-2H3. The van der Waals surface area contributed by atoms with Gasteiger partial charge in [0.1, 0.15) is 5.60 Å². The molecular weight excluding hydrogens is 140 g/mol. The maximum atomic E-state index is 8.88. The second kappa shape index (κ2) is 3.37. The zero-order chi connectivity index (χ0) is 8.32. The molecule has 64 valence electrons. The molecule has 0 aliphatic carbocycles. The topological polar surface area (TPSA) is 32.8 Å². The van der Waals surface area contributed by atoms with Gasteiger partial charge in [-0.15, -0.1) is 0 Å². The van der Waals surface area contributed by atoms with Crippen molar-refractivity contribution < 1.29 is 9.84 Å². The van der Waals surface area contributed by atoms with Crippen LogP contribution in [0.3, 0.4) is 0 Å². The van der Waals surface area contributed by atoms with Crippen molar-refractivity contribution in [2.75, 3.05) is 13.2 Å². The molecule has 1 unspecified atom stereocenters. The van der Waals surface area contributed by atoms with E-state index in [1.165, 1.54) is 5.57 Å². The number of allylic oxidation sites excluding steroid dienone is 2. The molecular formula is C9H16O2. The zero-order valence-corrected chi connectivity index (χ0v) is 7.26. The van der Waals surface area contributed by atoms with Crippen LogP contribution in [0.4, 0.5) is 0 Å². The molecule has 0 amide bonds. The van der Waals surface area contributed by atoms with Gasteiger partial charge >= 0.3 is 0 Å². The Morgan fingerprint density at radius 2 is 2.27 bits per heavy atom. The number of epoxide rings is 1. The van der Waals surface area contributed by atoms with E-state index in [1.807, 2.05) is 0 Å². The molecule has 11 heavy (non-hydrogen) atoms. The van der Waals surface area contributed by atoms with Gasteiger partial charge in [0, 0.05) is 0 Å². The van der Waals surface area contributed by atoms with Crippen molar-refractivity contribution in [2.24, 2.45) is 0 Å². The summed E-state index contributed by atoms with van der Waals surface area (Å²) < 4.78 is 5.15. The van der Waals surface area contributed by atoms with Crippen molar-refractivity contribution >= 4 is 0 Å². The molecule has 0 bridgehead atoms. The number of hydrogen-bond donors (Lipinski definition) is 1. The molecule has 1 heterocycles. The zero-order valence-electron chi connectivity index (χ0n) is 7.26. The lowest BCUT2D eigenvalue weighted by Crippen LogP contribution is -2.15. The fraction of sp³-hybridized carbons (Fsp3) is 0.778. The van der Waals surface area contributed by atoms with Crippen LogP contribution in [0.2, 0.25) is 0 Å². The van der Waals surface area contributed by atoms with Crippen molar-refractivity contribution in [3.05, 3.63) is 11.6 Å². The minimum absolute atomic E-state index is 0.161. The first-order valence-corrected chi connectivity index (χ1v) is 4.07. The molecule has 1 aliphatic rings. The highest BCUT2D eigenvalue weighted by molar-refractivity contribution is 4.98. The van der Waals surface area contributed by atoms with Gasteiger partial charge in [0.2, 0.25) is 0 Å². The van der Waals surface area contributed by atoms with E-state index in [-0.39, 0.29) is 12.2 Å². The maximum Gasteiger partial charge on any atom is 0.115 e. The van der Waals surface area contributed by atoms with Crippen LogP contribution in [0.15, 0.2) is 11.6 Å². The van der Waals surface area contributed by atoms with Gasteiger partial charge in [-0.05, 0) is 26.7 Å². The van der Waals surface area contributed by atoms with Crippen LogP contribution in [0, 0.1) is 0 Å². The summed E-state index contributed by atoms with van der Waals surface area (Å²) in [6.45, 7) is 5.07. The molecule has 0 saturated carbocycles. The first-order valence-electron chi connectivity index (χ1n) is 4.07. The molecule has 1 aliphatic heterocycles. The number of aliphatic hydroxyl groups is 1. The molecule has 0 aromatic heterocycles. The fourth-order valence-corrected chi connectivity index (χ4v) is 1.04. The Hall–Kier alpha value is -0.340. The molecule has 0 radical (unpaired) electrons. The van der Waals surface area contributed by atoms with Crippen LogP contribution in [0.25, 0.3) is 0 Å². The minimum Gasteiger partial charge on any atom is -0.393 e. The molecule has 0 spiro atoms. The normalized spacial score (nSPS) is 28.3. The Balaban J connectivity index is 2.17.